The Balaban J connectivity index is 1.25. The molecule has 0 spiro atoms. The Morgan fingerprint density at radius 3 is 1.47 bits per heavy atom. The molecule has 2 heterocycles. The van der Waals surface area contributed by atoms with Crippen LogP contribution in [0.3, 0.4) is 0 Å². The van der Waals surface area contributed by atoms with E-state index in [0.717, 1.165) is 6.42 Å². The molecule has 0 aliphatic heterocycles. The average molecular weight is 611 g/mol. The number of rotatable bonds is 8. The summed E-state index contributed by atoms with van der Waals surface area (Å²) in [7, 11) is 0. The summed E-state index contributed by atoms with van der Waals surface area (Å²) in [4.78, 5) is 0. The van der Waals surface area contributed by atoms with Gasteiger partial charge in [0.25, 0.3) is 0 Å². The van der Waals surface area contributed by atoms with Gasteiger partial charge in [-0.1, -0.05) is 119 Å². The van der Waals surface area contributed by atoms with Gasteiger partial charge in [-0.3, -0.25) is 0 Å². The van der Waals surface area contributed by atoms with Crippen LogP contribution in [0.25, 0.3) is 66.1 Å². The van der Waals surface area contributed by atoms with E-state index in [2.05, 4.69) is 176 Å². The van der Waals surface area contributed by atoms with Gasteiger partial charge in [0.15, 0.2) is 0 Å². The van der Waals surface area contributed by atoms with Crippen LogP contribution in [0.5, 0.6) is 0 Å². The van der Waals surface area contributed by atoms with Gasteiger partial charge in [0.2, 0.25) is 0 Å². The fourth-order valence-electron chi connectivity index (χ4n) is 7.61. The highest BCUT2D eigenvalue weighted by molar-refractivity contribution is 6.10. The predicted molar refractivity (Wildman–Crippen MR) is 202 cm³/mol. The smallest absolute Gasteiger partial charge is 0.0541 e. The summed E-state index contributed by atoms with van der Waals surface area (Å²) in [5, 5.41) is 5.21. The maximum atomic E-state index is 2.48. The summed E-state index contributed by atoms with van der Waals surface area (Å²) in [5.41, 5.74) is 11.4. The molecule has 6 aromatic carbocycles. The van der Waals surface area contributed by atoms with Crippen molar-refractivity contribution in [3.8, 4) is 22.5 Å². The molecule has 0 saturated heterocycles. The summed E-state index contributed by atoms with van der Waals surface area (Å²) in [6.45, 7) is 9.46. The lowest BCUT2D eigenvalue weighted by Gasteiger charge is -2.30. The lowest BCUT2D eigenvalue weighted by molar-refractivity contribution is 0.374. The summed E-state index contributed by atoms with van der Waals surface area (Å²) < 4.78 is 4.85. The van der Waals surface area contributed by atoms with Crippen LogP contribution in [0, 0.1) is 5.92 Å². The molecule has 0 fully saturated rings. The molecule has 0 amide bonds. The van der Waals surface area contributed by atoms with Crippen molar-refractivity contribution in [2.45, 2.75) is 52.4 Å². The first-order valence-electron chi connectivity index (χ1n) is 17.2. The third-order valence-electron chi connectivity index (χ3n) is 10.5. The largest absolute Gasteiger partial charge is 0.309 e. The summed E-state index contributed by atoms with van der Waals surface area (Å²) in [6.07, 6.45) is 3.59. The van der Waals surface area contributed by atoms with Gasteiger partial charge in [-0.15, -0.1) is 0 Å². The number of para-hydroxylation sites is 3. The third kappa shape index (κ3) is 4.95. The normalized spacial score (nSPS) is 13.3. The lowest BCUT2D eigenvalue weighted by atomic mass is 9.75. The van der Waals surface area contributed by atoms with Gasteiger partial charge in [-0.25, -0.2) is 0 Å². The molecule has 232 valence electrons. The summed E-state index contributed by atoms with van der Waals surface area (Å²) in [6, 6.07) is 51.6. The van der Waals surface area contributed by atoms with Gasteiger partial charge in [-0.05, 0) is 95.5 Å². The zero-order valence-corrected chi connectivity index (χ0v) is 27.9. The van der Waals surface area contributed by atoms with E-state index in [1.807, 2.05) is 0 Å². The van der Waals surface area contributed by atoms with Gasteiger partial charge < -0.3 is 9.13 Å². The fourth-order valence-corrected chi connectivity index (χ4v) is 7.61. The highest BCUT2D eigenvalue weighted by Crippen LogP contribution is 2.40. The average Bonchev–Trinajstić information content (AvgIpc) is 3.63. The fraction of sp³-hybridized carbons (Fsp3) is 0.200. The summed E-state index contributed by atoms with van der Waals surface area (Å²) in [5.74, 6) is 0.710. The van der Waals surface area contributed by atoms with Crippen LogP contribution in [0.4, 0.5) is 0 Å². The van der Waals surface area contributed by atoms with Crippen molar-refractivity contribution in [1.82, 2.24) is 9.13 Å². The van der Waals surface area contributed by atoms with E-state index < -0.39 is 0 Å². The molecular weight excluding hydrogens is 569 g/mol. The molecule has 1 unspecified atom stereocenters. The number of fused-ring (bicyclic) bond motifs is 6. The Hall–Kier alpha value is -5.08. The van der Waals surface area contributed by atoms with E-state index in [0.29, 0.717) is 5.92 Å². The zero-order valence-electron chi connectivity index (χ0n) is 27.9. The minimum absolute atomic E-state index is 0.170. The van der Waals surface area contributed by atoms with Crippen LogP contribution < -0.4 is 0 Å². The molecular formula is C45H42N2. The van der Waals surface area contributed by atoms with Crippen LogP contribution in [-0.4, -0.2) is 9.13 Å². The molecule has 1 atom stereocenters. The Labute approximate surface area is 277 Å². The van der Waals surface area contributed by atoms with E-state index in [1.165, 1.54) is 84.5 Å². The van der Waals surface area contributed by atoms with E-state index in [9.17, 15) is 0 Å². The van der Waals surface area contributed by atoms with Crippen LogP contribution >= 0.6 is 0 Å². The SMILES string of the molecule is CCC(C)(CCC(C)C)c1ccc2c(c1)c1ccccc1n2-c1cccc(-c2cccc(-n3c4ccccc4c4ccccc43)c2)c1. The van der Waals surface area contributed by atoms with Gasteiger partial charge in [0, 0.05) is 32.9 Å². The van der Waals surface area contributed by atoms with Gasteiger partial charge in [0.1, 0.15) is 0 Å². The zero-order chi connectivity index (χ0) is 32.1. The summed E-state index contributed by atoms with van der Waals surface area (Å²) >= 11 is 0. The van der Waals surface area contributed by atoms with E-state index in [4.69, 9.17) is 0 Å². The van der Waals surface area contributed by atoms with E-state index >= 15 is 0 Å². The highest BCUT2D eigenvalue weighted by atomic mass is 15.0. The van der Waals surface area contributed by atoms with Crippen LogP contribution in [0.1, 0.15) is 52.5 Å². The van der Waals surface area contributed by atoms with Crippen molar-refractivity contribution in [1.29, 1.82) is 0 Å². The maximum absolute atomic E-state index is 2.48. The maximum Gasteiger partial charge on any atom is 0.0541 e. The number of hydrogen-bond donors (Lipinski definition) is 0. The molecule has 8 aromatic rings. The Morgan fingerprint density at radius 1 is 0.511 bits per heavy atom. The van der Waals surface area contributed by atoms with Crippen LogP contribution in [0.2, 0.25) is 0 Å². The minimum atomic E-state index is 0.170. The molecule has 2 aromatic heterocycles. The molecule has 0 bridgehead atoms. The van der Waals surface area contributed by atoms with Gasteiger partial charge >= 0.3 is 0 Å². The second-order valence-corrected chi connectivity index (χ2v) is 13.9. The number of nitrogens with zero attached hydrogens (tertiary/aromatic N) is 2. The van der Waals surface area contributed by atoms with Gasteiger partial charge in [-0.2, -0.15) is 0 Å². The molecule has 47 heavy (non-hydrogen) atoms. The van der Waals surface area contributed by atoms with E-state index in [-0.39, 0.29) is 5.41 Å². The second-order valence-electron chi connectivity index (χ2n) is 13.9. The van der Waals surface area contributed by atoms with Crippen LogP contribution in [0.15, 0.2) is 140 Å². The Bertz CT molecular complexity index is 2350. The van der Waals surface area contributed by atoms with E-state index in [1.54, 1.807) is 0 Å². The molecule has 2 heteroatoms. The van der Waals surface area contributed by atoms with Crippen molar-refractivity contribution >= 4 is 43.6 Å². The van der Waals surface area contributed by atoms with Gasteiger partial charge in [0.05, 0.1) is 22.1 Å². The molecule has 0 N–H and O–H groups in total. The standard InChI is InChI=1S/C45H42N2/c1-5-45(4,27-26-31(2)3)34-24-25-44-40(30-34)39-20-8-11-23-43(39)47(44)36-17-13-15-33(29-36)32-14-12-16-35(28-32)46-41-21-9-6-18-37(41)38-19-7-10-22-42(38)46/h6-25,28-31H,5,26-27H2,1-4H3. The van der Waals surface area contributed by atoms with Crippen LogP contribution in [-0.2, 0) is 5.41 Å². The molecule has 0 aliphatic carbocycles. The molecule has 0 saturated carbocycles. The number of aromatic nitrogens is 2. The topological polar surface area (TPSA) is 9.86 Å². The first-order chi connectivity index (χ1) is 22.9. The monoisotopic (exact) mass is 610 g/mol. The lowest BCUT2D eigenvalue weighted by Crippen LogP contribution is -2.21. The Morgan fingerprint density at radius 2 is 0.979 bits per heavy atom. The second kappa shape index (κ2) is 11.6. The molecule has 8 rings (SSSR count). The number of hydrogen-bond acceptors (Lipinski definition) is 0. The number of benzene rings is 6. The highest BCUT2D eigenvalue weighted by Gasteiger charge is 2.26. The first kappa shape index (κ1) is 29.3. The third-order valence-corrected chi connectivity index (χ3v) is 10.5. The van der Waals surface area contributed by atoms with Crippen molar-refractivity contribution < 1.29 is 0 Å². The Kier molecular flexibility index (Phi) is 7.25. The molecule has 0 radical (unpaired) electrons. The molecule has 0 aliphatic rings. The quantitative estimate of drug-likeness (QED) is 0.162. The minimum Gasteiger partial charge on any atom is -0.309 e. The first-order valence-corrected chi connectivity index (χ1v) is 17.2. The predicted octanol–water partition coefficient (Wildman–Crippen LogP) is 12.7. The van der Waals surface area contributed by atoms with Crippen molar-refractivity contribution in [3.05, 3.63) is 145 Å². The van der Waals surface area contributed by atoms with Crippen molar-refractivity contribution in [3.63, 3.8) is 0 Å². The molecule has 2 nitrogen and oxygen atoms in total. The van der Waals surface area contributed by atoms with Crippen molar-refractivity contribution in [2.75, 3.05) is 0 Å². The van der Waals surface area contributed by atoms with Crippen molar-refractivity contribution in [2.24, 2.45) is 5.92 Å².